The summed E-state index contributed by atoms with van der Waals surface area (Å²) in [6.45, 7) is 3.64. The van der Waals surface area contributed by atoms with E-state index in [9.17, 15) is 62.2 Å². The Balaban J connectivity index is 1.40. The van der Waals surface area contributed by atoms with Crippen LogP contribution >= 0.6 is 19.6 Å². The first-order valence-corrected chi connectivity index (χ1v) is 24.5. The van der Waals surface area contributed by atoms with Crippen molar-refractivity contribution >= 4 is 67.0 Å². The first-order chi connectivity index (χ1) is 31.7. The minimum absolute atomic E-state index is 0.0664. The molecule has 2 heterocycles. The molecule has 0 radical (unpaired) electrons. The highest BCUT2D eigenvalue weighted by atomic mass is 32.2. The van der Waals surface area contributed by atoms with Crippen LogP contribution in [0.3, 0.4) is 0 Å². The number of halogens is 1. The summed E-state index contributed by atoms with van der Waals surface area (Å²) >= 11 is 1.84. The first-order valence-electron chi connectivity index (χ1n) is 22.0. The average Bonchev–Trinajstić information content (AvgIpc) is 3.81. The van der Waals surface area contributed by atoms with Gasteiger partial charge in [0.2, 0.25) is 35.4 Å². The lowest BCUT2D eigenvalue weighted by Crippen LogP contribution is -2.57. The van der Waals surface area contributed by atoms with Crippen molar-refractivity contribution < 1.29 is 76.2 Å². The number of carbonyl (C=O) groups is 8. The van der Waals surface area contributed by atoms with E-state index in [2.05, 4.69) is 41.7 Å². The molecule has 3 rings (SSSR count). The Morgan fingerprint density at radius 3 is 2.09 bits per heavy atom. The van der Waals surface area contributed by atoms with Crippen LogP contribution in [0.1, 0.15) is 82.8 Å². The largest absolute Gasteiger partial charge is 0.524 e. The van der Waals surface area contributed by atoms with Crippen LogP contribution < -0.4 is 47.5 Å². The summed E-state index contributed by atoms with van der Waals surface area (Å²) in [6.07, 6.45) is 1.000. The number of unbranched alkanes of at least 4 members (excludes halogenated alkanes) is 1. The number of carboxylic acid groups (broad SMARTS) is 1. The van der Waals surface area contributed by atoms with Crippen molar-refractivity contribution in [1.82, 2.24) is 37.2 Å². The fraction of sp³-hybridized carbons (Fsp3) is 0.659. The van der Waals surface area contributed by atoms with E-state index in [-0.39, 0.29) is 93.3 Å². The van der Waals surface area contributed by atoms with Gasteiger partial charge in [0.05, 0.1) is 38.5 Å². The van der Waals surface area contributed by atoms with E-state index in [1.165, 1.54) is 6.07 Å². The number of rotatable bonds is 33. The number of aliphatic carboxylic acids is 1. The summed E-state index contributed by atoms with van der Waals surface area (Å²) in [7, 11) is -5.07. The molecule has 3 unspecified atom stereocenters. The van der Waals surface area contributed by atoms with E-state index < -0.39 is 93.1 Å². The van der Waals surface area contributed by atoms with Crippen LogP contribution in [0.25, 0.3) is 0 Å². The molecule has 376 valence electrons. The second-order valence-corrected chi connectivity index (χ2v) is 18.8. The molecule has 0 bridgehead atoms. The Bertz CT molecular complexity index is 1910. The molecule has 2 saturated heterocycles. The number of ether oxygens (including phenoxy) is 2. The van der Waals surface area contributed by atoms with E-state index in [4.69, 9.17) is 15.2 Å². The summed E-state index contributed by atoms with van der Waals surface area (Å²) in [5.41, 5.74) is 5.38. The van der Waals surface area contributed by atoms with Gasteiger partial charge in [0.25, 0.3) is 0 Å². The molecule has 1 aromatic carbocycles. The molecular weight excluding hydrogens is 927 g/mol. The van der Waals surface area contributed by atoms with E-state index in [0.29, 0.717) is 18.2 Å². The van der Waals surface area contributed by atoms with E-state index >= 15 is 0 Å². The van der Waals surface area contributed by atoms with Gasteiger partial charge in [-0.05, 0) is 49.3 Å². The predicted molar refractivity (Wildman–Crippen MR) is 240 cm³/mol. The maximum atomic E-state index is 13.9. The third-order valence-electron chi connectivity index (χ3n) is 10.4. The molecule has 2 aliphatic rings. The van der Waals surface area contributed by atoms with Crippen LogP contribution in [0.15, 0.2) is 18.2 Å². The van der Waals surface area contributed by atoms with Crippen LogP contribution in [0.4, 0.5) is 9.18 Å². The number of urea groups is 1. The highest BCUT2D eigenvalue weighted by Crippen LogP contribution is 2.39. The second kappa shape index (κ2) is 29.0. The zero-order valence-electron chi connectivity index (χ0n) is 37.6. The number of carbonyl (C=O) groups excluding carboxylic acids is 7. The molecule has 0 saturated carbocycles. The number of fused-ring (bicyclic) bond motifs is 1. The average molecular weight is 991 g/mol. The Labute approximate surface area is 391 Å². The zero-order chi connectivity index (χ0) is 49.5. The Morgan fingerprint density at radius 1 is 0.851 bits per heavy atom. The second-order valence-electron chi connectivity index (χ2n) is 16.4. The fourth-order valence-corrected chi connectivity index (χ4v) is 9.09. The number of phosphoric ester groups is 1. The molecule has 8 amide bonds. The number of nitrogens with two attached hydrogens (primary N) is 1. The van der Waals surface area contributed by atoms with Crippen molar-refractivity contribution in [2.75, 3.05) is 45.3 Å². The van der Waals surface area contributed by atoms with Gasteiger partial charge < -0.3 is 62.1 Å². The van der Waals surface area contributed by atoms with E-state index in [1.54, 1.807) is 13.8 Å². The number of nitrogens with one attached hydrogen (secondary N) is 7. The van der Waals surface area contributed by atoms with Gasteiger partial charge >= 0.3 is 19.8 Å². The Kier molecular flexibility index (Phi) is 24.3. The number of carboxylic acids is 1. The van der Waals surface area contributed by atoms with Crippen molar-refractivity contribution in [3.05, 3.63) is 29.3 Å². The number of benzene rings is 1. The van der Waals surface area contributed by atoms with Gasteiger partial charge in [-0.15, -0.1) is 0 Å². The number of alkyl halides is 1. The van der Waals surface area contributed by atoms with Crippen LogP contribution in [0, 0.1) is 5.92 Å². The lowest BCUT2D eigenvalue weighted by Gasteiger charge is -2.25. The molecule has 1 aromatic rings. The number of hydrogen-bond donors (Lipinski definition) is 11. The molecule has 0 spiro atoms. The predicted octanol–water partition coefficient (Wildman–Crippen LogP) is -0.208. The molecule has 12 N–H and O–H groups in total. The summed E-state index contributed by atoms with van der Waals surface area (Å²) < 4.78 is 40.7. The first kappa shape index (κ1) is 56.3. The number of thioether (sulfide) groups is 1. The molecule has 23 nitrogen and oxygen atoms in total. The molecule has 2 fully saturated rings. The third kappa shape index (κ3) is 22.1. The van der Waals surface area contributed by atoms with Crippen LogP contribution in [0.2, 0.25) is 0 Å². The zero-order valence-corrected chi connectivity index (χ0v) is 39.3. The van der Waals surface area contributed by atoms with Crippen LogP contribution in [0.5, 0.6) is 5.75 Å². The number of phosphoric acid groups is 1. The van der Waals surface area contributed by atoms with Crippen LogP contribution in [-0.2, 0) is 60.7 Å². The lowest BCUT2D eigenvalue weighted by molar-refractivity contribution is -0.138. The van der Waals surface area contributed by atoms with Crippen molar-refractivity contribution in [2.45, 2.75) is 120 Å². The van der Waals surface area contributed by atoms with Crippen molar-refractivity contribution in [3.8, 4) is 5.75 Å². The summed E-state index contributed by atoms with van der Waals surface area (Å²) in [6, 6.07) is -0.547. The topological polar surface area (TPSA) is 352 Å². The quantitative estimate of drug-likeness (QED) is 0.0247. The Hall–Kier alpha value is -5.07. The molecule has 26 heteroatoms. The summed E-state index contributed by atoms with van der Waals surface area (Å²) in [5.74, 6) is -5.14. The van der Waals surface area contributed by atoms with Gasteiger partial charge in [0.1, 0.15) is 30.5 Å². The van der Waals surface area contributed by atoms with Gasteiger partial charge in [-0.1, -0.05) is 26.3 Å². The van der Waals surface area contributed by atoms with Crippen LogP contribution in [-0.4, -0.2) is 143 Å². The van der Waals surface area contributed by atoms with Gasteiger partial charge in [-0.3, -0.25) is 43.3 Å². The highest BCUT2D eigenvalue weighted by Gasteiger charge is 2.42. The van der Waals surface area contributed by atoms with Gasteiger partial charge in [0.15, 0.2) is 0 Å². The Morgan fingerprint density at radius 2 is 1.48 bits per heavy atom. The molecule has 0 aromatic heterocycles. The lowest BCUT2D eigenvalue weighted by atomic mass is 9.99. The standard InChI is InChI=1S/C41H64FN8O15PS/c1-24(2)19-28(38(43)56)47-40(58)29(21-25-7-9-31(26(20-25)22-42)65-66(60,61)62)48-39(57)27(8-12-36(54)55)46-35(53)11-10-34(52)45-14-16-64-18-17-63-15-13-44-33(51)6-4-3-5-32-37-30(23-67-32)49-41(59)50-37/h7,9,20,24,27-30,32,37H,3-6,8,10-19,21-23H2,1-2H3,(H2,43,56)(H,44,51)(H,45,52)(H,46,53)(H,47,58)(H,48,57)(H,54,55)(H2,49,50,59)(H2,60,61,62)/t27-,28-,29-,30?,32?,37?/m0/s1. The minimum Gasteiger partial charge on any atom is -0.481 e. The maximum Gasteiger partial charge on any atom is 0.524 e. The summed E-state index contributed by atoms with van der Waals surface area (Å²) in [5, 5.41) is 28.3. The smallest absolute Gasteiger partial charge is 0.481 e. The van der Waals surface area contributed by atoms with Gasteiger partial charge in [-0.25, -0.2) is 13.8 Å². The number of hydrogen-bond acceptors (Lipinski definition) is 13. The maximum absolute atomic E-state index is 13.9. The molecule has 2 aliphatic heterocycles. The minimum atomic E-state index is -5.07. The van der Waals surface area contributed by atoms with Gasteiger partial charge in [-0.2, -0.15) is 11.8 Å². The van der Waals surface area contributed by atoms with Gasteiger partial charge in [0, 0.05) is 61.8 Å². The van der Waals surface area contributed by atoms with Crippen molar-refractivity contribution in [3.63, 3.8) is 0 Å². The molecular formula is C41H64FN8O15PS. The molecule has 67 heavy (non-hydrogen) atoms. The summed E-state index contributed by atoms with van der Waals surface area (Å²) in [4.78, 5) is 118. The SMILES string of the molecule is CC(C)C[C@H](NC(=O)[C@H](Cc1ccc(OP(=O)(O)O)c(CF)c1)NC(=O)[C@H](CCC(=O)O)NC(=O)CCC(=O)NCCOCCOCCNC(=O)CCCCC1SCC2NC(=O)NC21)C(N)=O. The van der Waals surface area contributed by atoms with Crippen molar-refractivity contribution in [1.29, 1.82) is 0 Å². The number of amides is 8. The normalized spacial score (nSPS) is 17.8. The number of primary amides is 1. The third-order valence-corrected chi connectivity index (χ3v) is 12.3. The molecule has 0 aliphatic carbocycles. The van der Waals surface area contributed by atoms with E-state index in [0.717, 1.165) is 37.1 Å². The monoisotopic (exact) mass is 990 g/mol. The fourth-order valence-electron chi connectivity index (χ4n) is 7.12. The highest BCUT2D eigenvalue weighted by molar-refractivity contribution is 8.00. The van der Waals surface area contributed by atoms with E-state index in [1.807, 2.05) is 11.8 Å². The molecule has 6 atom stereocenters. The van der Waals surface area contributed by atoms with Crippen molar-refractivity contribution in [2.24, 2.45) is 11.7 Å².